The highest BCUT2D eigenvalue weighted by molar-refractivity contribution is 14.0. The molecule has 1 saturated heterocycles. The minimum atomic E-state index is -2.46. The van der Waals surface area contributed by atoms with E-state index >= 15 is 0 Å². The molecule has 0 unspecified atom stereocenters. The summed E-state index contributed by atoms with van der Waals surface area (Å²) in [6.45, 7) is 2.16. The number of nitrogens with zero attached hydrogens (tertiary/aromatic N) is 2. The summed E-state index contributed by atoms with van der Waals surface area (Å²) in [5, 5.41) is 3.38. The topological polar surface area (TPSA) is 36.9 Å². The number of hydrogen-bond donors (Lipinski definition) is 1. The van der Waals surface area contributed by atoms with Crippen LogP contribution in [0.3, 0.4) is 0 Å². The van der Waals surface area contributed by atoms with Gasteiger partial charge in [0.2, 0.25) is 0 Å². The Hall–Kier alpha value is -1.12. The predicted octanol–water partition coefficient (Wildman–Crippen LogP) is 3.90. The average molecular weight is 465 g/mol. The highest BCUT2D eigenvalue weighted by atomic mass is 127. The lowest BCUT2D eigenvalue weighted by molar-refractivity contribution is 0.0818. The molecule has 0 bridgehead atoms. The first-order valence-electron chi connectivity index (χ1n) is 8.56. The Morgan fingerprint density at radius 1 is 1.36 bits per heavy atom. The van der Waals surface area contributed by atoms with Crippen LogP contribution in [-0.4, -0.2) is 44.0 Å². The Morgan fingerprint density at radius 2 is 2.16 bits per heavy atom. The Morgan fingerprint density at radius 3 is 2.76 bits per heavy atom. The van der Waals surface area contributed by atoms with Crippen LogP contribution in [0.15, 0.2) is 29.3 Å². The van der Waals surface area contributed by atoms with Crippen LogP contribution in [0.4, 0.5) is 8.78 Å². The van der Waals surface area contributed by atoms with E-state index in [1.165, 1.54) is 25.7 Å². The van der Waals surface area contributed by atoms with Crippen molar-refractivity contribution in [3.8, 4) is 5.75 Å². The second kappa shape index (κ2) is 9.00. The molecule has 0 aromatic heterocycles. The van der Waals surface area contributed by atoms with Gasteiger partial charge in [0, 0.05) is 26.7 Å². The van der Waals surface area contributed by atoms with Crippen LogP contribution < -0.4 is 10.1 Å². The van der Waals surface area contributed by atoms with Gasteiger partial charge in [0.1, 0.15) is 12.4 Å². The zero-order valence-electron chi connectivity index (χ0n) is 14.5. The van der Waals surface area contributed by atoms with Gasteiger partial charge in [-0.25, -0.2) is 8.78 Å². The summed E-state index contributed by atoms with van der Waals surface area (Å²) in [6.07, 6.45) is 2.82. The number of ether oxygens (including phenoxy) is 1. The van der Waals surface area contributed by atoms with Gasteiger partial charge in [-0.3, -0.25) is 4.99 Å². The molecule has 3 rings (SSSR count). The summed E-state index contributed by atoms with van der Waals surface area (Å²) >= 11 is 0. The molecule has 1 spiro atoms. The SMILES string of the molecule is CN=C(NCc1cccc(OCC(F)F)c1)N1CCC2(CCC2)C1.I. The zero-order chi connectivity index (χ0) is 17.0. The van der Waals surface area contributed by atoms with Gasteiger partial charge >= 0.3 is 0 Å². The van der Waals surface area contributed by atoms with Crippen LogP contribution in [0, 0.1) is 5.41 Å². The molecule has 2 fully saturated rings. The lowest BCUT2D eigenvalue weighted by Crippen LogP contribution is -2.42. The van der Waals surface area contributed by atoms with Gasteiger partial charge in [-0.15, -0.1) is 24.0 Å². The van der Waals surface area contributed by atoms with Gasteiger partial charge in [-0.2, -0.15) is 0 Å². The normalized spacial score (nSPS) is 18.9. The Balaban J connectivity index is 0.00000225. The monoisotopic (exact) mass is 465 g/mol. The van der Waals surface area contributed by atoms with E-state index in [0.29, 0.717) is 17.7 Å². The molecule has 4 nitrogen and oxygen atoms in total. The zero-order valence-corrected chi connectivity index (χ0v) is 16.8. The van der Waals surface area contributed by atoms with Gasteiger partial charge in [0.15, 0.2) is 5.96 Å². The lowest BCUT2D eigenvalue weighted by Gasteiger charge is -2.38. The van der Waals surface area contributed by atoms with Crippen molar-refractivity contribution in [1.29, 1.82) is 0 Å². The molecule has 7 heteroatoms. The van der Waals surface area contributed by atoms with Crippen molar-refractivity contribution in [1.82, 2.24) is 10.2 Å². The van der Waals surface area contributed by atoms with Crippen LogP contribution in [0.25, 0.3) is 0 Å². The predicted molar refractivity (Wildman–Crippen MR) is 106 cm³/mol. The fourth-order valence-corrected chi connectivity index (χ4v) is 3.62. The van der Waals surface area contributed by atoms with E-state index in [1.54, 1.807) is 19.2 Å². The molecule has 0 atom stereocenters. The first kappa shape index (κ1) is 20.2. The number of hydrogen-bond acceptors (Lipinski definition) is 2. The third-order valence-corrected chi connectivity index (χ3v) is 5.09. The van der Waals surface area contributed by atoms with Gasteiger partial charge in [0.05, 0.1) is 0 Å². The molecular weight excluding hydrogens is 439 g/mol. The lowest BCUT2D eigenvalue weighted by atomic mass is 9.68. The number of aliphatic imine (C=N–C) groups is 1. The smallest absolute Gasteiger partial charge is 0.272 e. The number of likely N-dealkylation sites (tertiary alicyclic amines) is 1. The van der Waals surface area contributed by atoms with E-state index in [4.69, 9.17) is 4.74 Å². The molecule has 140 valence electrons. The van der Waals surface area contributed by atoms with Crippen LogP contribution in [0.1, 0.15) is 31.2 Å². The minimum absolute atomic E-state index is 0. The quantitative estimate of drug-likeness (QED) is 0.407. The largest absolute Gasteiger partial charge is 0.488 e. The van der Waals surface area contributed by atoms with Crippen LogP contribution in [-0.2, 0) is 6.54 Å². The highest BCUT2D eigenvalue weighted by Crippen LogP contribution is 2.47. The molecule has 1 saturated carbocycles. The van der Waals surface area contributed by atoms with Crippen LogP contribution in [0.5, 0.6) is 5.75 Å². The van der Waals surface area contributed by atoms with Crippen molar-refractivity contribution in [2.45, 2.75) is 38.7 Å². The van der Waals surface area contributed by atoms with E-state index in [2.05, 4.69) is 15.2 Å². The number of alkyl halides is 2. The third-order valence-electron chi connectivity index (χ3n) is 5.09. The summed E-state index contributed by atoms with van der Waals surface area (Å²) in [7, 11) is 1.80. The number of guanidine groups is 1. The van der Waals surface area contributed by atoms with E-state index in [-0.39, 0.29) is 24.0 Å². The number of rotatable bonds is 5. The van der Waals surface area contributed by atoms with Crippen LogP contribution in [0.2, 0.25) is 0 Å². The molecule has 1 heterocycles. The van der Waals surface area contributed by atoms with Crippen molar-refractivity contribution in [3.05, 3.63) is 29.8 Å². The van der Waals surface area contributed by atoms with Crippen molar-refractivity contribution >= 4 is 29.9 Å². The molecule has 1 aromatic rings. The summed E-state index contributed by atoms with van der Waals surface area (Å²) in [5.74, 6) is 1.39. The number of benzene rings is 1. The molecule has 1 aliphatic heterocycles. The van der Waals surface area contributed by atoms with Gasteiger partial charge in [-0.1, -0.05) is 18.6 Å². The van der Waals surface area contributed by atoms with Crippen molar-refractivity contribution in [2.75, 3.05) is 26.7 Å². The number of halogens is 3. The highest BCUT2D eigenvalue weighted by Gasteiger charge is 2.43. The second-order valence-corrected chi connectivity index (χ2v) is 6.78. The third kappa shape index (κ3) is 5.18. The van der Waals surface area contributed by atoms with Crippen molar-refractivity contribution < 1.29 is 13.5 Å². The fourth-order valence-electron chi connectivity index (χ4n) is 3.62. The standard InChI is InChI=1S/C18H25F2N3O.HI/c1-21-17(23-9-8-18(13-23)6-3-7-18)22-11-14-4-2-5-15(10-14)24-12-16(19)20;/h2,4-5,10,16H,3,6-9,11-13H2,1H3,(H,21,22);1H. The first-order valence-corrected chi connectivity index (χ1v) is 8.56. The maximum absolute atomic E-state index is 12.2. The molecule has 1 aromatic carbocycles. The van der Waals surface area contributed by atoms with E-state index in [0.717, 1.165) is 24.6 Å². The number of nitrogens with one attached hydrogen (secondary N) is 1. The molecule has 2 aliphatic rings. The second-order valence-electron chi connectivity index (χ2n) is 6.78. The summed E-state index contributed by atoms with van der Waals surface area (Å²) in [4.78, 5) is 6.72. The Kier molecular flexibility index (Phi) is 7.27. The van der Waals surface area contributed by atoms with Gasteiger partial charge < -0.3 is 15.0 Å². The van der Waals surface area contributed by atoms with Crippen molar-refractivity contribution in [2.24, 2.45) is 10.4 Å². The minimum Gasteiger partial charge on any atom is -0.488 e. The van der Waals surface area contributed by atoms with E-state index in [9.17, 15) is 8.78 Å². The van der Waals surface area contributed by atoms with Crippen LogP contribution >= 0.6 is 24.0 Å². The maximum Gasteiger partial charge on any atom is 0.272 e. The Bertz CT molecular complexity index is 593. The first-order chi connectivity index (χ1) is 11.6. The maximum atomic E-state index is 12.2. The molecule has 25 heavy (non-hydrogen) atoms. The summed E-state index contributed by atoms with van der Waals surface area (Å²) in [6, 6.07) is 7.26. The molecule has 1 N–H and O–H groups in total. The fraction of sp³-hybridized carbons (Fsp3) is 0.611. The van der Waals surface area contributed by atoms with Gasteiger partial charge in [0.25, 0.3) is 6.43 Å². The molecule has 0 amide bonds. The van der Waals surface area contributed by atoms with Crippen molar-refractivity contribution in [3.63, 3.8) is 0 Å². The summed E-state index contributed by atoms with van der Waals surface area (Å²) in [5.41, 5.74) is 1.51. The summed E-state index contributed by atoms with van der Waals surface area (Å²) < 4.78 is 29.5. The van der Waals surface area contributed by atoms with E-state index < -0.39 is 13.0 Å². The van der Waals surface area contributed by atoms with Gasteiger partial charge in [-0.05, 0) is 42.4 Å². The molecule has 0 radical (unpaired) electrons. The molecular formula is C18H26F2IN3O. The Labute approximate surface area is 165 Å². The average Bonchev–Trinajstić information content (AvgIpc) is 3.00. The van der Waals surface area contributed by atoms with E-state index in [1.807, 2.05) is 12.1 Å². The molecule has 1 aliphatic carbocycles.